The third-order valence-corrected chi connectivity index (χ3v) is 3.57. The smallest absolute Gasteiger partial charge is 0.119 e. The Morgan fingerprint density at radius 1 is 1.09 bits per heavy atom. The molecule has 0 saturated heterocycles. The van der Waals surface area contributed by atoms with Gasteiger partial charge in [0.1, 0.15) is 16.8 Å². The molecule has 0 saturated carbocycles. The number of aryl methyl sites for hydroxylation is 1. The number of halogens is 2. The van der Waals surface area contributed by atoms with E-state index in [1.807, 2.05) is 19.1 Å². The molecule has 0 spiro atoms. The molecule has 1 aromatic carbocycles. The van der Waals surface area contributed by atoms with Crippen molar-refractivity contribution in [2.45, 2.75) is 40.0 Å². The van der Waals surface area contributed by atoms with E-state index in [0.717, 1.165) is 30.6 Å². The molecule has 1 aromatic rings. The third-order valence-electron chi connectivity index (χ3n) is 3.36. The summed E-state index contributed by atoms with van der Waals surface area (Å²) in [6, 6.07) is 8.26. The molecule has 0 unspecified atom stereocenters. The van der Waals surface area contributed by atoms with Crippen LogP contribution in [0, 0.1) is 0 Å². The number of ether oxygens (including phenoxy) is 1. The second-order valence-electron chi connectivity index (χ2n) is 5.28. The van der Waals surface area contributed by atoms with Crippen molar-refractivity contribution < 1.29 is 4.74 Å². The zero-order valence-corrected chi connectivity index (χ0v) is 15.0. The molecule has 0 aliphatic rings. The Hall–Kier alpha value is -1.18. The van der Waals surface area contributed by atoms with Crippen LogP contribution >= 0.6 is 23.2 Å². The summed E-state index contributed by atoms with van der Waals surface area (Å²) in [6.07, 6.45) is 9.04. The Balaban J connectivity index is 2.35. The average Bonchev–Trinajstić information content (AvgIpc) is 2.47. The Kier molecular flexibility index (Phi) is 9.03. The summed E-state index contributed by atoms with van der Waals surface area (Å²) in [5.74, 6) is 0.916. The van der Waals surface area contributed by atoms with Gasteiger partial charge in [-0.1, -0.05) is 59.5 Å². The lowest BCUT2D eigenvalue weighted by molar-refractivity contribution is 0.361. The standard InChI is InChI=1S/C19H24Cl2O/c1-4-17-8-10-18(11-9-17)22-13-12-15(2)6-5-7-16(3)14-19(20)21/h7-12,14H,4-6,13H2,1-3H3/b15-12+,16-7+. The Morgan fingerprint density at radius 3 is 2.36 bits per heavy atom. The summed E-state index contributed by atoms with van der Waals surface area (Å²) >= 11 is 11.2. The molecule has 0 radical (unpaired) electrons. The minimum Gasteiger partial charge on any atom is -0.490 e. The minimum atomic E-state index is 0.295. The van der Waals surface area contributed by atoms with E-state index in [2.05, 4.69) is 38.1 Å². The second kappa shape index (κ2) is 10.5. The quantitative estimate of drug-likeness (QED) is 0.382. The first-order chi connectivity index (χ1) is 10.5. The number of hydrogen-bond acceptors (Lipinski definition) is 1. The predicted molar refractivity (Wildman–Crippen MR) is 97.9 cm³/mol. The average molecular weight is 339 g/mol. The van der Waals surface area contributed by atoms with Crippen molar-refractivity contribution in [1.82, 2.24) is 0 Å². The monoisotopic (exact) mass is 338 g/mol. The van der Waals surface area contributed by atoms with E-state index in [1.165, 1.54) is 11.1 Å². The van der Waals surface area contributed by atoms with Crippen LogP contribution in [-0.2, 0) is 6.42 Å². The van der Waals surface area contributed by atoms with Gasteiger partial charge in [-0.15, -0.1) is 0 Å². The molecule has 0 fully saturated rings. The van der Waals surface area contributed by atoms with E-state index in [-0.39, 0.29) is 0 Å². The van der Waals surface area contributed by atoms with Gasteiger partial charge < -0.3 is 4.74 Å². The van der Waals surface area contributed by atoms with Crippen LogP contribution in [0.5, 0.6) is 5.75 Å². The van der Waals surface area contributed by atoms with Crippen molar-refractivity contribution >= 4 is 23.2 Å². The van der Waals surface area contributed by atoms with Crippen LogP contribution in [-0.4, -0.2) is 6.61 Å². The fraction of sp³-hybridized carbons (Fsp3) is 0.368. The van der Waals surface area contributed by atoms with Crippen LogP contribution in [0.1, 0.15) is 39.2 Å². The van der Waals surface area contributed by atoms with E-state index in [0.29, 0.717) is 11.1 Å². The van der Waals surface area contributed by atoms with Crippen molar-refractivity contribution in [3.63, 3.8) is 0 Å². The first-order valence-electron chi connectivity index (χ1n) is 7.58. The van der Waals surface area contributed by atoms with Gasteiger partial charge in [-0.2, -0.15) is 0 Å². The Labute approximate surface area is 144 Å². The van der Waals surface area contributed by atoms with Crippen LogP contribution in [0.2, 0.25) is 0 Å². The van der Waals surface area contributed by atoms with E-state index < -0.39 is 0 Å². The van der Waals surface area contributed by atoms with Gasteiger partial charge in [-0.3, -0.25) is 0 Å². The second-order valence-corrected chi connectivity index (χ2v) is 6.29. The maximum atomic E-state index is 5.72. The van der Waals surface area contributed by atoms with Gasteiger partial charge >= 0.3 is 0 Å². The molecule has 0 aromatic heterocycles. The van der Waals surface area contributed by atoms with Crippen molar-refractivity contribution in [2.24, 2.45) is 0 Å². The lowest BCUT2D eigenvalue weighted by atomic mass is 10.1. The lowest BCUT2D eigenvalue weighted by Gasteiger charge is -2.05. The zero-order valence-electron chi connectivity index (χ0n) is 13.5. The van der Waals surface area contributed by atoms with E-state index in [4.69, 9.17) is 27.9 Å². The Bertz CT molecular complexity index is 535. The minimum absolute atomic E-state index is 0.295. The van der Waals surface area contributed by atoms with Gasteiger partial charge in [-0.25, -0.2) is 0 Å². The fourth-order valence-electron chi connectivity index (χ4n) is 1.96. The zero-order chi connectivity index (χ0) is 16.4. The van der Waals surface area contributed by atoms with Gasteiger partial charge in [0.15, 0.2) is 0 Å². The molecular formula is C19H24Cl2O. The van der Waals surface area contributed by atoms with Crippen molar-refractivity contribution in [3.05, 3.63) is 63.7 Å². The number of rotatable bonds is 8. The molecule has 0 heterocycles. The molecule has 3 heteroatoms. The highest BCUT2D eigenvalue weighted by Gasteiger charge is 1.94. The SMILES string of the molecule is CCc1ccc(OC/C=C(\C)CC/C=C(\C)C=C(Cl)Cl)cc1. The van der Waals surface area contributed by atoms with E-state index >= 15 is 0 Å². The summed E-state index contributed by atoms with van der Waals surface area (Å²) in [6.45, 7) is 6.87. The lowest BCUT2D eigenvalue weighted by Crippen LogP contribution is -1.95. The topological polar surface area (TPSA) is 9.23 Å². The van der Waals surface area contributed by atoms with Crippen LogP contribution in [0.4, 0.5) is 0 Å². The van der Waals surface area contributed by atoms with Crippen LogP contribution < -0.4 is 4.74 Å². The van der Waals surface area contributed by atoms with Crippen LogP contribution in [0.15, 0.2) is 58.1 Å². The third kappa shape index (κ3) is 8.31. The largest absolute Gasteiger partial charge is 0.490 e. The van der Waals surface area contributed by atoms with Gasteiger partial charge in [0.25, 0.3) is 0 Å². The van der Waals surface area contributed by atoms with Gasteiger partial charge in [-0.05, 0) is 63.0 Å². The Morgan fingerprint density at radius 2 is 1.77 bits per heavy atom. The summed E-state index contributed by atoms with van der Waals surface area (Å²) in [7, 11) is 0. The highest BCUT2D eigenvalue weighted by atomic mass is 35.5. The molecule has 1 rings (SSSR count). The van der Waals surface area contributed by atoms with Gasteiger partial charge in [0, 0.05) is 0 Å². The van der Waals surface area contributed by atoms with E-state index in [9.17, 15) is 0 Å². The highest BCUT2D eigenvalue weighted by molar-refractivity contribution is 6.56. The summed E-state index contributed by atoms with van der Waals surface area (Å²) < 4.78 is 6.01. The number of allylic oxidation sites excluding steroid dienone is 4. The molecule has 0 aliphatic heterocycles. The molecule has 22 heavy (non-hydrogen) atoms. The van der Waals surface area contributed by atoms with Gasteiger partial charge in [0.05, 0.1) is 0 Å². The maximum Gasteiger partial charge on any atom is 0.119 e. The predicted octanol–water partition coefficient (Wildman–Crippen LogP) is 6.62. The molecule has 0 amide bonds. The molecule has 120 valence electrons. The first-order valence-corrected chi connectivity index (χ1v) is 8.33. The van der Waals surface area contributed by atoms with E-state index in [1.54, 1.807) is 6.08 Å². The fourth-order valence-corrected chi connectivity index (χ4v) is 2.31. The van der Waals surface area contributed by atoms with Gasteiger partial charge in [0.2, 0.25) is 0 Å². The maximum absolute atomic E-state index is 5.72. The molecule has 0 N–H and O–H groups in total. The number of hydrogen-bond donors (Lipinski definition) is 0. The molecule has 1 nitrogen and oxygen atoms in total. The number of benzene rings is 1. The summed E-state index contributed by atoms with van der Waals surface area (Å²) in [4.78, 5) is 0. The van der Waals surface area contributed by atoms with Crippen molar-refractivity contribution in [3.8, 4) is 5.75 Å². The first kappa shape index (κ1) is 18.9. The summed E-state index contributed by atoms with van der Waals surface area (Å²) in [5.41, 5.74) is 3.72. The molecule has 0 bridgehead atoms. The molecule has 0 aliphatic carbocycles. The summed E-state index contributed by atoms with van der Waals surface area (Å²) in [5, 5.41) is 0. The molecular weight excluding hydrogens is 315 g/mol. The van der Waals surface area contributed by atoms with Crippen LogP contribution in [0.3, 0.4) is 0 Å². The highest BCUT2D eigenvalue weighted by Crippen LogP contribution is 2.14. The van der Waals surface area contributed by atoms with Crippen LogP contribution in [0.25, 0.3) is 0 Å². The molecule has 0 atom stereocenters. The van der Waals surface area contributed by atoms with Crippen molar-refractivity contribution in [2.75, 3.05) is 6.61 Å². The normalized spacial score (nSPS) is 12.2. The van der Waals surface area contributed by atoms with Crippen molar-refractivity contribution in [1.29, 1.82) is 0 Å².